The van der Waals surface area contributed by atoms with Crippen LogP contribution in [0, 0.1) is 13.8 Å². The molecular weight excluding hydrogens is 358 g/mol. The van der Waals surface area contributed by atoms with Gasteiger partial charge in [0.15, 0.2) is 18.1 Å². The number of ether oxygens (including phenoxy) is 3. The number of nitrogens with zero attached hydrogens (tertiary/aromatic N) is 1. The maximum atomic E-state index is 12.7. The summed E-state index contributed by atoms with van der Waals surface area (Å²) in [5.41, 5.74) is 3.49. The number of fused-ring (bicyclic) bond motifs is 1. The molecule has 3 aromatic rings. The van der Waals surface area contributed by atoms with E-state index in [1.807, 2.05) is 42.7 Å². The second-order valence-corrected chi connectivity index (χ2v) is 6.52. The van der Waals surface area contributed by atoms with Gasteiger partial charge in [-0.05, 0) is 44.2 Å². The minimum Gasteiger partial charge on any atom is -0.454 e. The Hall–Kier alpha value is -3.54. The lowest BCUT2D eigenvalue weighted by atomic mass is 10.1. The van der Waals surface area contributed by atoms with Gasteiger partial charge in [0.2, 0.25) is 12.6 Å². The van der Waals surface area contributed by atoms with Crippen molar-refractivity contribution in [2.24, 2.45) is 0 Å². The Bertz CT molecular complexity index is 1050. The van der Waals surface area contributed by atoms with Gasteiger partial charge in [-0.1, -0.05) is 18.2 Å². The number of aromatic nitrogens is 1. The standard InChI is InChI=1S/C22H19NO5/c1-14-10-18(19(24)12-26-22(25)16-6-4-3-5-7-16)15(2)23(14)17-8-9-20-21(11-17)28-13-27-20/h3-11H,12-13H2,1-2H3. The maximum Gasteiger partial charge on any atom is 0.338 e. The third-order valence-electron chi connectivity index (χ3n) is 4.69. The lowest BCUT2D eigenvalue weighted by Gasteiger charge is -2.11. The van der Waals surface area contributed by atoms with Gasteiger partial charge in [0.25, 0.3) is 0 Å². The van der Waals surface area contributed by atoms with Gasteiger partial charge < -0.3 is 18.8 Å². The number of Topliss-reactive ketones (excluding diaryl/α,β-unsaturated/α-hetero) is 1. The highest BCUT2D eigenvalue weighted by Gasteiger charge is 2.20. The molecule has 0 N–H and O–H groups in total. The van der Waals surface area contributed by atoms with Crippen molar-refractivity contribution in [2.75, 3.05) is 13.4 Å². The van der Waals surface area contributed by atoms with Gasteiger partial charge in [0.05, 0.1) is 5.56 Å². The molecule has 0 saturated heterocycles. The SMILES string of the molecule is Cc1cc(C(=O)COC(=O)c2ccccc2)c(C)n1-c1ccc2c(c1)OCO2. The molecular formula is C22H19NO5. The number of carbonyl (C=O) groups is 2. The molecule has 1 aliphatic heterocycles. The predicted octanol–water partition coefficient (Wildman–Crippen LogP) is 3.86. The Morgan fingerprint density at radius 3 is 2.54 bits per heavy atom. The Morgan fingerprint density at radius 1 is 1.00 bits per heavy atom. The van der Waals surface area contributed by atoms with Crippen molar-refractivity contribution in [3.63, 3.8) is 0 Å². The third-order valence-corrected chi connectivity index (χ3v) is 4.69. The first-order chi connectivity index (χ1) is 13.5. The van der Waals surface area contributed by atoms with Gasteiger partial charge in [-0.2, -0.15) is 0 Å². The highest BCUT2D eigenvalue weighted by molar-refractivity contribution is 6.00. The summed E-state index contributed by atoms with van der Waals surface area (Å²) in [5, 5.41) is 0. The summed E-state index contributed by atoms with van der Waals surface area (Å²) in [6, 6.07) is 16.1. The van der Waals surface area contributed by atoms with E-state index in [9.17, 15) is 9.59 Å². The third kappa shape index (κ3) is 3.24. The van der Waals surface area contributed by atoms with Crippen LogP contribution in [0.2, 0.25) is 0 Å². The molecule has 0 saturated carbocycles. The molecule has 2 heterocycles. The van der Waals surface area contributed by atoms with E-state index in [1.165, 1.54) is 0 Å². The minimum absolute atomic E-state index is 0.207. The molecule has 1 aliphatic rings. The van der Waals surface area contributed by atoms with Crippen molar-refractivity contribution >= 4 is 11.8 Å². The molecule has 28 heavy (non-hydrogen) atoms. The number of ketones is 1. The van der Waals surface area contributed by atoms with Gasteiger partial charge in [0, 0.05) is 28.7 Å². The monoisotopic (exact) mass is 377 g/mol. The van der Waals surface area contributed by atoms with Crippen LogP contribution in [0.5, 0.6) is 11.5 Å². The average Bonchev–Trinajstić information content (AvgIpc) is 3.29. The second kappa shape index (κ2) is 7.23. The fraction of sp³-hybridized carbons (Fsp3) is 0.182. The molecule has 0 spiro atoms. The van der Waals surface area contributed by atoms with Crippen LogP contribution in [0.25, 0.3) is 5.69 Å². The van der Waals surface area contributed by atoms with E-state index in [0.29, 0.717) is 22.6 Å². The molecule has 0 fully saturated rings. The quantitative estimate of drug-likeness (QED) is 0.499. The summed E-state index contributed by atoms with van der Waals surface area (Å²) in [5.74, 6) is 0.618. The van der Waals surface area contributed by atoms with Crippen molar-refractivity contribution < 1.29 is 23.8 Å². The van der Waals surface area contributed by atoms with E-state index in [0.717, 1.165) is 17.1 Å². The average molecular weight is 377 g/mol. The molecule has 1 aromatic heterocycles. The lowest BCUT2D eigenvalue weighted by Crippen LogP contribution is -2.15. The van der Waals surface area contributed by atoms with Gasteiger partial charge >= 0.3 is 5.97 Å². The molecule has 0 amide bonds. The van der Waals surface area contributed by atoms with Gasteiger partial charge in [-0.25, -0.2) is 4.79 Å². The van der Waals surface area contributed by atoms with Crippen molar-refractivity contribution in [3.05, 3.63) is 77.1 Å². The summed E-state index contributed by atoms with van der Waals surface area (Å²) < 4.78 is 17.9. The highest BCUT2D eigenvalue weighted by atomic mass is 16.7. The molecule has 0 bridgehead atoms. The van der Waals surface area contributed by atoms with E-state index in [4.69, 9.17) is 14.2 Å². The molecule has 142 valence electrons. The van der Waals surface area contributed by atoms with Gasteiger partial charge in [-0.15, -0.1) is 0 Å². The van der Waals surface area contributed by atoms with Crippen molar-refractivity contribution in [1.82, 2.24) is 4.57 Å². The van der Waals surface area contributed by atoms with Crippen LogP contribution in [0.4, 0.5) is 0 Å². The minimum atomic E-state index is -0.515. The van der Waals surface area contributed by atoms with Crippen LogP contribution >= 0.6 is 0 Å². The van der Waals surface area contributed by atoms with Crippen LogP contribution in [-0.4, -0.2) is 29.7 Å². The number of carbonyl (C=O) groups excluding carboxylic acids is 2. The van der Waals surface area contributed by atoms with Crippen LogP contribution in [0.15, 0.2) is 54.6 Å². The molecule has 6 nitrogen and oxygen atoms in total. The van der Waals surface area contributed by atoms with E-state index >= 15 is 0 Å². The molecule has 0 radical (unpaired) electrons. The number of hydrogen-bond acceptors (Lipinski definition) is 5. The lowest BCUT2D eigenvalue weighted by molar-refractivity contribution is 0.0474. The maximum absolute atomic E-state index is 12.7. The van der Waals surface area contributed by atoms with Crippen LogP contribution in [-0.2, 0) is 4.74 Å². The first kappa shape index (κ1) is 17.9. The second-order valence-electron chi connectivity index (χ2n) is 6.52. The van der Waals surface area contributed by atoms with Crippen molar-refractivity contribution in [1.29, 1.82) is 0 Å². The predicted molar refractivity (Wildman–Crippen MR) is 102 cm³/mol. The zero-order valence-corrected chi connectivity index (χ0v) is 15.6. The first-order valence-electron chi connectivity index (χ1n) is 8.89. The van der Waals surface area contributed by atoms with E-state index in [2.05, 4.69) is 0 Å². The zero-order valence-electron chi connectivity index (χ0n) is 15.6. The Morgan fingerprint density at radius 2 is 1.75 bits per heavy atom. The smallest absolute Gasteiger partial charge is 0.338 e. The molecule has 0 aliphatic carbocycles. The van der Waals surface area contributed by atoms with Gasteiger partial charge in [0.1, 0.15) is 0 Å². The molecule has 2 aromatic carbocycles. The summed E-state index contributed by atoms with van der Waals surface area (Å²) in [7, 11) is 0. The largest absolute Gasteiger partial charge is 0.454 e. The van der Waals surface area contributed by atoms with E-state index in [1.54, 1.807) is 30.3 Å². The number of hydrogen-bond donors (Lipinski definition) is 0. The first-order valence-corrected chi connectivity index (χ1v) is 8.89. The molecule has 4 rings (SSSR count). The normalized spacial score (nSPS) is 12.1. The molecule has 6 heteroatoms. The molecule has 0 atom stereocenters. The summed E-state index contributed by atoms with van der Waals surface area (Å²) in [6.07, 6.45) is 0. The van der Waals surface area contributed by atoms with Crippen LogP contribution in [0.1, 0.15) is 32.1 Å². The van der Waals surface area contributed by atoms with Crippen molar-refractivity contribution in [2.45, 2.75) is 13.8 Å². The van der Waals surface area contributed by atoms with Crippen molar-refractivity contribution in [3.8, 4) is 17.2 Å². The fourth-order valence-electron chi connectivity index (χ4n) is 3.33. The summed E-state index contributed by atoms with van der Waals surface area (Å²) >= 11 is 0. The van der Waals surface area contributed by atoms with E-state index < -0.39 is 5.97 Å². The zero-order chi connectivity index (χ0) is 19.7. The number of benzene rings is 2. The van der Waals surface area contributed by atoms with Gasteiger partial charge in [-0.3, -0.25) is 4.79 Å². The Balaban J connectivity index is 1.54. The number of rotatable bonds is 5. The topological polar surface area (TPSA) is 66.8 Å². The van der Waals surface area contributed by atoms with Crippen LogP contribution < -0.4 is 9.47 Å². The fourth-order valence-corrected chi connectivity index (χ4v) is 3.33. The molecule has 0 unspecified atom stereocenters. The van der Waals surface area contributed by atoms with Crippen LogP contribution in [0.3, 0.4) is 0 Å². The number of aryl methyl sites for hydroxylation is 1. The van der Waals surface area contributed by atoms with E-state index in [-0.39, 0.29) is 19.2 Å². The Labute approximate surface area is 162 Å². The summed E-state index contributed by atoms with van der Waals surface area (Å²) in [6.45, 7) is 3.69. The highest BCUT2D eigenvalue weighted by Crippen LogP contribution is 2.34. The number of esters is 1. The Kier molecular flexibility index (Phi) is 4.61. The summed E-state index contributed by atoms with van der Waals surface area (Å²) in [4.78, 5) is 24.7.